The normalized spacial score (nSPS) is 25.3. The molecule has 0 bridgehead atoms. The number of anilines is 1. The zero-order chi connectivity index (χ0) is 19.3. The molecule has 0 spiro atoms. The Morgan fingerprint density at radius 1 is 1.22 bits per heavy atom. The standard InChI is InChI=1S/C16H16BrN5O5/c17-7-3-1-6(2-4-7)12-19-9-13(20-16(18)21-14(9)26)22(12)15-11(25)10(24)8(5-23)27-15/h1-4,8,10-11,15,23-25H,5H2,(H3,18,20,21,26)/t8-,10-,11-,15-/m1/s1. The number of nitrogens with zero attached hydrogens (tertiary/aromatic N) is 3. The molecule has 1 aliphatic rings. The van der Waals surface area contributed by atoms with Crippen molar-refractivity contribution in [2.45, 2.75) is 24.5 Å². The van der Waals surface area contributed by atoms with Crippen LogP contribution in [0.5, 0.6) is 0 Å². The smallest absolute Gasteiger partial charge is 0.280 e. The second-order valence-electron chi connectivity index (χ2n) is 6.16. The number of rotatable bonds is 3. The maximum absolute atomic E-state index is 12.3. The molecule has 142 valence electrons. The highest BCUT2D eigenvalue weighted by Gasteiger charge is 2.45. The predicted octanol–water partition coefficient (Wildman–Crippen LogP) is -0.257. The first kappa shape index (κ1) is 18.1. The minimum absolute atomic E-state index is 0.0138. The van der Waals surface area contributed by atoms with Crippen molar-refractivity contribution in [3.05, 3.63) is 39.1 Å². The second-order valence-corrected chi connectivity index (χ2v) is 7.08. The quantitative estimate of drug-likeness (QED) is 0.374. The summed E-state index contributed by atoms with van der Waals surface area (Å²) in [5.74, 6) is 0.179. The molecule has 1 fully saturated rings. The predicted molar refractivity (Wildman–Crippen MR) is 98.7 cm³/mol. The molecule has 0 aliphatic carbocycles. The third-order valence-corrected chi connectivity index (χ3v) is 4.97. The number of nitrogen functional groups attached to an aromatic ring is 1. The average Bonchev–Trinajstić information content (AvgIpc) is 3.14. The van der Waals surface area contributed by atoms with Crippen molar-refractivity contribution in [3.63, 3.8) is 0 Å². The van der Waals surface area contributed by atoms with Crippen molar-refractivity contribution in [3.8, 4) is 11.4 Å². The van der Waals surface area contributed by atoms with Crippen LogP contribution in [0.4, 0.5) is 5.95 Å². The van der Waals surface area contributed by atoms with Gasteiger partial charge in [0.05, 0.1) is 6.61 Å². The number of aliphatic hydroxyl groups excluding tert-OH is 3. The summed E-state index contributed by atoms with van der Waals surface area (Å²) in [5, 5.41) is 29.9. The molecule has 1 saturated heterocycles. The van der Waals surface area contributed by atoms with Gasteiger partial charge in [-0.2, -0.15) is 4.98 Å². The number of halogens is 1. The Labute approximate surface area is 160 Å². The molecule has 1 aromatic carbocycles. The van der Waals surface area contributed by atoms with E-state index in [1.54, 1.807) is 24.3 Å². The van der Waals surface area contributed by atoms with E-state index in [-0.39, 0.29) is 17.1 Å². The molecule has 1 aliphatic heterocycles. The van der Waals surface area contributed by atoms with Crippen molar-refractivity contribution in [2.24, 2.45) is 0 Å². The lowest BCUT2D eigenvalue weighted by Crippen LogP contribution is -2.33. The highest BCUT2D eigenvalue weighted by atomic mass is 79.9. The van der Waals surface area contributed by atoms with Gasteiger partial charge < -0.3 is 25.8 Å². The maximum Gasteiger partial charge on any atom is 0.280 e. The molecule has 27 heavy (non-hydrogen) atoms. The summed E-state index contributed by atoms with van der Waals surface area (Å²) < 4.78 is 7.88. The van der Waals surface area contributed by atoms with E-state index >= 15 is 0 Å². The zero-order valence-corrected chi connectivity index (χ0v) is 15.4. The number of hydrogen-bond donors (Lipinski definition) is 5. The van der Waals surface area contributed by atoms with Gasteiger partial charge in [0.15, 0.2) is 17.4 Å². The Hall–Kier alpha value is -2.31. The summed E-state index contributed by atoms with van der Waals surface area (Å²) in [4.78, 5) is 23.2. The van der Waals surface area contributed by atoms with E-state index in [9.17, 15) is 20.1 Å². The zero-order valence-electron chi connectivity index (χ0n) is 13.8. The van der Waals surface area contributed by atoms with Gasteiger partial charge in [-0.15, -0.1) is 0 Å². The van der Waals surface area contributed by atoms with E-state index in [1.165, 1.54) is 4.57 Å². The summed E-state index contributed by atoms with van der Waals surface area (Å²) in [6, 6.07) is 7.12. The van der Waals surface area contributed by atoms with Crippen LogP contribution >= 0.6 is 15.9 Å². The van der Waals surface area contributed by atoms with Crippen molar-refractivity contribution < 1.29 is 20.1 Å². The van der Waals surface area contributed by atoms with Crippen molar-refractivity contribution in [1.29, 1.82) is 0 Å². The van der Waals surface area contributed by atoms with Gasteiger partial charge in [-0.3, -0.25) is 14.3 Å². The topological polar surface area (TPSA) is 160 Å². The minimum atomic E-state index is -1.36. The summed E-state index contributed by atoms with van der Waals surface area (Å²) in [6.45, 7) is -0.481. The Bertz CT molecular complexity index is 1050. The Morgan fingerprint density at radius 3 is 2.56 bits per heavy atom. The van der Waals surface area contributed by atoms with Gasteiger partial charge in [-0.05, 0) is 12.1 Å². The van der Waals surface area contributed by atoms with Gasteiger partial charge in [0.25, 0.3) is 5.56 Å². The average molecular weight is 438 g/mol. The number of hydrogen-bond acceptors (Lipinski definition) is 8. The Balaban J connectivity index is 1.98. The molecule has 0 radical (unpaired) electrons. The lowest BCUT2D eigenvalue weighted by atomic mass is 10.1. The number of aromatic amines is 1. The lowest BCUT2D eigenvalue weighted by molar-refractivity contribution is -0.0503. The number of nitrogens with two attached hydrogens (primary N) is 1. The highest BCUT2D eigenvalue weighted by Crippen LogP contribution is 2.35. The van der Waals surface area contributed by atoms with Gasteiger partial charge >= 0.3 is 0 Å². The molecular formula is C16H16BrN5O5. The van der Waals surface area contributed by atoms with E-state index in [4.69, 9.17) is 10.5 Å². The van der Waals surface area contributed by atoms with Crippen LogP contribution in [0.25, 0.3) is 22.6 Å². The van der Waals surface area contributed by atoms with Crippen LogP contribution in [0.1, 0.15) is 6.23 Å². The number of imidazole rings is 1. The number of aliphatic hydroxyl groups is 3. The number of benzene rings is 1. The molecule has 0 amide bonds. The van der Waals surface area contributed by atoms with E-state index in [0.29, 0.717) is 11.4 Å². The number of H-pyrrole nitrogens is 1. The molecule has 4 atom stereocenters. The summed E-state index contributed by atoms with van der Waals surface area (Å²) in [6.07, 6.45) is -4.78. The highest BCUT2D eigenvalue weighted by molar-refractivity contribution is 9.10. The fourth-order valence-electron chi connectivity index (χ4n) is 3.14. The van der Waals surface area contributed by atoms with E-state index in [2.05, 4.69) is 30.9 Å². The maximum atomic E-state index is 12.3. The van der Waals surface area contributed by atoms with Gasteiger partial charge in [-0.25, -0.2) is 4.98 Å². The Morgan fingerprint density at radius 2 is 1.93 bits per heavy atom. The first-order chi connectivity index (χ1) is 12.9. The molecular weight excluding hydrogens is 422 g/mol. The summed E-state index contributed by atoms with van der Waals surface area (Å²) in [7, 11) is 0. The monoisotopic (exact) mass is 437 g/mol. The summed E-state index contributed by atoms with van der Waals surface area (Å²) >= 11 is 3.36. The second kappa shape index (κ2) is 6.69. The van der Waals surface area contributed by atoms with Gasteiger partial charge in [0.2, 0.25) is 5.95 Å². The largest absolute Gasteiger partial charge is 0.394 e. The van der Waals surface area contributed by atoms with Crippen LogP contribution < -0.4 is 11.3 Å². The van der Waals surface area contributed by atoms with E-state index in [1.807, 2.05) is 0 Å². The van der Waals surface area contributed by atoms with Crippen LogP contribution in [-0.2, 0) is 4.74 Å². The van der Waals surface area contributed by atoms with Crippen LogP contribution in [0.3, 0.4) is 0 Å². The van der Waals surface area contributed by atoms with Gasteiger partial charge in [0.1, 0.15) is 24.1 Å². The number of fused-ring (bicyclic) bond motifs is 1. The molecule has 2 aromatic heterocycles. The third-order valence-electron chi connectivity index (χ3n) is 4.44. The van der Waals surface area contributed by atoms with E-state index in [0.717, 1.165) is 4.47 Å². The van der Waals surface area contributed by atoms with Crippen molar-refractivity contribution in [2.75, 3.05) is 12.3 Å². The number of ether oxygens (including phenoxy) is 1. The SMILES string of the molecule is Nc1nc2c(nc(-c3ccc(Br)cc3)n2[C@@H]2O[C@H](CO)[C@@H](O)[C@H]2O)c(=O)[nH]1. The van der Waals surface area contributed by atoms with Crippen LogP contribution in [0, 0.1) is 0 Å². The fraction of sp³-hybridized carbons (Fsp3) is 0.312. The number of nitrogens with one attached hydrogen (secondary N) is 1. The third kappa shape index (κ3) is 2.93. The molecule has 6 N–H and O–H groups in total. The first-order valence-corrected chi connectivity index (χ1v) is 8.86. The van der Waals surface area contributed by atoms with Crippen LogP contribution in [0.15, 0.2) is 33.5 Å². The summed E-state index contributed by atoms with van der Waals surface area (Å²) in [5.41, 5.74) is 5.87. The van der Waals surface area contributed by atoms with Crippen molar-refractivity contribution >= 4 is 33.0 Å². The molecule has 10 nitrogen and oxygen atoms in total. The minimum Gasteiger partial charge on any atom is -0.394 e. The Kier molecular flexibility index (Phi) is 4.48. The molecule has 11 heteroatoms. The van der Waals surface area contributed by atoms with Crippen LogP contribution in [0.2, 0.25) is 0 Å². The lowest BCUT2D eigenvalue weighted by Gasteiger charge is -2.19. The molecule has 3 heterocycles. The molecule has 0 unspecified atom stereocenters. The van der Waals surface area contributed by atoms with Gasteiger partial charge in [-0.1, -0.05) is 28.1 Å². The molecule has 0 saturated carbocycles. The van der Waals surface area contributed by atoms with E-state index < -0.39 is 36.7 Å². The van der Waals surface area contributed by atoms with Gasteiger partial charge in [0, 0.05) is 10.0 Å². The van der Waals surface area contributed by atoms with Crippen molar-refractivity contribution in [1.82, 2.24) is 19.5 Å². The molecule has 4 rings (SSSR count). The fourth-order valence-corrected chi connectivity index (χ4v) is 3.40. The first-order valence-electron chi connectivity index (χ1n) is 8.07. The van der Waals surface area contributed by atoms with Crippen LogP contribution in [-0.4, -0.2) is 59.8 Å². The number of aromatic nitrogens is 4. The molecule has 3 aromatic rings.